The van der Waals surface area contributed by atoms with Crippen molar-refractivity contribution in [3.8, 4) is 0 Å². The molecule has 1 atom stereocenters. The van der Waals surface area contributed by atoms with Crippen molar-refractivity contribution in [2.75, 3.05) is 0 Å². The molecule has 1 unspecified atom stereocenters. The van der Waals surface area contributed by atoms with Gasteiger partial charge in [0.05, 0.1) is 0 Å². The predicted octanol–water partition coefficient (Wildman–Crippen LogP) is 6.75. The summed E-state index contributed by atoms with van der Waals surface area (Å²) in [5.41, 5.74) is 12.3. The predicted molar refractivity (Wildman–Crippen MR) is 113 cm³/mol. The van der Waals surface area contributed by atoms with Crippen molar-refractivity contribution in [1.29, 1.82) is 0 Å². The third-order valence-corrected chi connectivity index (χ3v) is 7.52. The minimum Gasteiger partial charge on any atom is -0.0801 e. The average Bonchev–Trinajstić information content (AvgIpc) is 3.20. The lowest BCUT2D eigenvalue weighted by Gasteiger charge is -2.40. The van der Waals surface area contributed by atoms with Crippen LogP contribution in [-0.2, 0) is 17.3 Å². The molecule has 0 saturated carbocycles. The number of hydrogen-bond donors (Lipinski definition) is 0. The van der Waals surface area contributed by atoms with Crippen LogP contribution < -0.4 is 0 Å². The van der Waals surface area contributed by atoms with Gasteiger partial charge in [0.15, 0.2) is 0 Å². The molecule has 0 bridgehead atoms. The molecule has 0 spiro atoms. The fourth-order valence-electron chi connectivity index (χ4n) is 5.44. The third kappa shape index (κ3) is 2.14. The molecule has 0 N–H and O–H groups in total. The van der Waals surface area contributed by atoms with Gasteiger partial charge in [0.2, 0.25) is 0 Å². The molecule has 0 nitrogen and oxygen atoms in total. The maximum Gasteiger partial charge on any atom is 0.00570 e. The number of benzene rings is 2. The SMILES string of the molecule is Cc1c(C)c(C2=CC=CC2)c2c(c1C)C(C)(C)C(C)(c1ccccc1)C2. The van der Waals surface area contributed by atoms with E-state index in [2.05, 4.69) is 90.1 Å². The molecule has 2 aromatic rings. The topological polar surface area (TPSA) is 0 Å². The molecule has 0 aliphatic heterocycles. The summed E-state index contributed by atoms with van der Waals surface area (Å²) in [4.78, 5) is 0. The minimum atomic E-state index is 0.105. The molecule has 0 amide bonds. The monoisotopic (exact) mass is 342 g/mol. The fourth-order valence-corrected chi connectivity index (χ4v) is 5.44. The third-order valence-electron chi connectivity index (χ3n) is 7.52. The maximum atomic E-state index is 2.47. The van der Waals surface area contributed by atoms with E-state index in [1.165, 1.54) is 33.4 Å². The van der Waals surface area contributed by atoms with Crippen LogP contribution in [0.25, 0.3) is 5.57 Å². The van der Waals surface area contributed by atoms with Gasteiger partial charge in [-0.05, 0) is 83.5 Å². The lowest BCUT2D eigenvalue weighted by atomic mass is 9.63. The van der Waals surface area contributed by atoms with Crippen molar-refractivity contribution in [2.45, 2.75) is 65.2 Å². The fraction of sp³-hybridized carbons (Fsp3) is 0.385. The zero-order valence-electron chi connectivity index (χ0n) is 17.0. The van der Waals surface area contributed by atoms with E-state index >= 15 is 0 Å². The van der Waals surface area contributed by atoms with Crippen molar-refractivity contribution in [2.24, 2.45) is 0 Å². The van der Waals surface area contributed by atoms with E-state index < -0.39 is 0 Å². The molecule has 2 aromatic carbocycles. The van der Waals surface area contributed by atoms with Gasteiger partial charge in [-0.25, -0.2) is 0 Å². The van der Waals surface area contributed by atoms with Crippen LogP contribution in [0.4, 0.5) is 0 Å². The summed E-state index contributed by atoms with van der Waals surface area (Å²) in [5, 5.41) is 0. The van der Waals surface area contributed by atoms with Crippen LogP contribution in [0, 0.1) is 20.8 Å². The first-order chi connectivity index (χ1) is 12.3. The molecule has 0 saturated heterocycles. The zero-order chi connectivity index (χ0) is 18.7. The van der Waals surface area contributed by atoms with Crippen LogP contribution in [-0.4, -0.2) is 0 Å². The molecule has 0 radical (unpaired) electrons. The number of fused-ring (bicyclic) bond motifs is 1. The summed E-state index contributed by atoms with van der Waals surface area (Å²) in [7, 11) is 0. The van der Waals surface area contributed by atoms with E-state index in [1.54, 1.807) is 11.1 Å². The Morgan fingerprint density at radius 3 is 2.15 bits per heavy atom. The molecular formula is C26H30. The Morgan fingerprint density at radius 2 is 1.54 bits per heavy atom. The Bertz CT molecular complexity index is 938. The minimum absolute atomic E-state index is 0.105. The van der Waals surface area contributed by atoms with Crippen molar-refractivity contribution < 1.29 is 0 Å². The second-order valence-corrected chi connectivity index (χ2v) is 8.93. The van der Waals surface area contributed by atoms with Gasteiger partial charge in [-0.15, -0.1) is 0 Å². The summed E-state index contributed by atoms with van der Waals surface area (Å²) >= 11 is 0. The largest absolute Gasteiger partial charge is 0.0801 e. The Morgan fingerprint density at radius 1 is 0.846 bits per heavy atom. The van der Waals surface area contributed by atoms with Gasteiger partial charge in [0.1, 0.15) is 0 Å². The van der Waals surface area contributed by atoms with Crippen molar-refractivity contribution in [3.63, 3.8) is 0 Å². The van der Waals surface area contributed by atoms with Crippen LogP contribution in [0.3, 0.4) is 0 Å². The molecule has 0 heterocycles. The molecule has 2 aliphatic rings. The van der Waals surface area contributed by atoms with Crippen molar-refractivity contribution in [1.82, 2.24) is 0 Å². The lowest BCUT2D eigenvalue weighted by Crippen LogP contribution is -2.39. The molecule has 4 rings (SSSR count). The first-order valence-electron chi connectivity index (χ1n) is 9.83. The molecular weight excluding hydrogens is 312 g/mol. The van der Waals surface area contributed by atoms with Gasteiger partial charge in [0.25, 0.3) is 0 Å². The standard InChI is InChI=1S/C26H30/c1-17-18(2)23(20-12-10-11-13-20)22-16-26(6,21-14-8-7-9-15-21)25(4,5)24(22)19(17)3/h7-12,14-15H,13,16H2,1-6H3. The summed E-state index contributed by atoms with van der Waals surface area (Å²) in [6.45, 7) is 14.4. The normalized spacial score (nSPS) is 23.2. The Kier molecular flexibility index (Phi) is 3.81. The first-order valence-corrected chi connectivity index (χ1v) is 9.83. The van der Waals surface area contributed by atoms with E-state index in [1.807, 2.05) is 0 Å². The van der Waals surface area contributed by atoms with Gasteiger partial charge in [0, 0.05) is 5.41 Å². The van der Waals surface area contributed by atoms with Crippen LogP contribution >= 0.6 is 0 Å². The van der Waals surface area contributed by atoms with Gasteiger partial charge in [-0.3, -0.25) is 0 Å². The van der Waals surface area contributed by atoms with Crippen molar-refractivity contribution >= 4 is 5.57 Å². The second-order valence-electron chi connectivity index (χ2n) is 8.93. The Balaban J connectivity index is 2.01. The van der Waals surface area contributed by atoms with Crippen molar-refractivity contribution in [3.05, 3.63) is 87.5 Å². The molecule has 0 fully saturated rings. The zero-order valence-corrected chi connectivity index (χ0v) is 17.0. The maximum absolute atomic E-state index is 2.47. The van der Waals surface area contributed by atoms with Crippen LogP contribution in [0.2, 0.25) is 0 Å². The first kappa shape index (κ1) is 17.3. The van der Waals surface area contributed by atoms with Gasteiger partial charge >= 0.3 is 0 Å². The van der Waals surface area contributed by atoms with Gasteiger partial charge in [-0.1, -0.05) is 69.3 Å². The number of allylic oxidation sites excluding steroid dienone is 4. The quantitative estimate of drug-likeness (QED) is 0.566. The highest BCUT2D eigenvalue weighted by Gasteiger charge is 2.51. The smallest absolute Gasteiger partial charge is 0.00570 e. The highest BCUT2D eigenvalue weighted by molar-refractivity contribution is 5.79. The molecule has 134 valence electrons. The van der Waals surface area contributed by atoms with E-state index in [4.69, 9.17) is 0 Å². The molecule has 0 heteroatoms. The van der Waals surface area contributed by atoms with Crippen LogP contribution in [0.5, 0.6) is 0 Å². The summed E-state index contributed by atoms with van der Waals surface area (Å²) < 4.78 is 0. The van der Waals surface area contributed by atoms with E-state index in [9.17, 15) is 0 Å². The summed E-state index contributed by atoms with van der Waals surface area (Å²) in [6, 6.07) is 11.1. The molecule has 0 aromatic heterocycles. The van der Waals surface area contributed by atoms with E-state index in [0.717, 1.165) is 12.8 Å². The summed E-state index contributed by atoms with van der Waals surface area (Å²) in [5.74, 6) is 0. The highest BCUT2D eigenvalue weighted by atomic mass is 14.5. The summed E-state index contributed by atoms with van der Waals surface area (Å²) in [6.07, 6.45) is 9.01. The van der Waals surface area contributed by atoms with E-state index in [-0.39, 0.29) is 10.8 Å². The Hall–Kier alpha value is -2.08. The lowest BCUT2D eigenvalue weighted by molar-refractivity contribution is 0.305. The number of rotatable bonds is 2. The molecule has 26 heavy (non-hydrogen) atoms. The Labute approximate surface area is 158 Å². The molecule has 2 aliphatic carbocycles. The van der Waals surface area contributed by atoms with Crippen LogP contribution in [0.1, 0.15) is 66.1 Å². The average molecular weight is 343 g/mol. The highest BCUT2D eigenvalue weighted by Crippen LogP contribution is 2.56. The van der Waals surface area contributed by atoms with Gasteiger partial charge < -0.3 is 0 Å². The van der Waals surface area contributed by atoms with E-state index in [0.29, 0.717) is 0 Å². The van der Waals surface area contributed by atoms with Crippen LogP contribution in [0.15, 0.2) is 48.6 Å². The number of hydrogen-bond acceptors (Lipinski definition) is 0. The van der Waals surface area contributed by atoms with Gasteiger partial charge in [-0.2, -0.15) is 0 Å². The second kappa shape index (κ2) is 5.71.